The second-order valence-electron chi connectivity index (χ2n) is 8.38. The number of nitrogens with one attached hydrogen (secondary N) is 2. The summed E-state index contributed by atoms with van der Waals surface area (Å²) in [5.74, 6) is -0.473. The molecule has 7 nitrogen and oxygen atoms in total. The lowest BCUT2D eigenvalue weighted by Gasteiger charge is -2.29. The van der Waals surface area contributed by atoms with Crippen LogP contribution in [0.25, 0.3) is 0 Å². The topological polar surface area (TPSA) is 108 Å². The highest BCUT2D eigenvalue weighted by atomic mass is 16.6. The molecule has 4 N–H and O–H groups in total. The Morgan fingerprint density at radius 3 is 1.96 bits per heavy atom. The lowest BCUT2D eigenvalue weighted by atomic mass is 9.98. The minimum atomic E-state index is -0.943. The van der Waals surface area contributed by atoms with E-state index in [2.05, 4.69) is 10.6 Å². The van der Waals surface area contributed by atoms with Crippen LogP contribution in [0.5, 0.6) is 0 Å². The van der Waals surface area contributed by atoms with Gasteiger partial charge in [-0.25, -0.2) is 4.79 Å². The molecule has 3 atom stereocenters. The fraction of sp³-hybridized carbons (Fsp3) is 0.889. The van der Waals surface area contributed by atoms with Crippen molar-refractivity contribution in [2.75, 3.05) is 6.54 Å². The maximum absolute atomic E-state index is 12.0. The van der Waals surface area contributed by atoms with Gasteiger partial charge < -0.3 is 25.6 Å². The molecule has 0 aromatic heterocycles. The number of carbonyl (C=O) groups is 2. The number of aliphatic carboxylic acids is 1. The molecule has 0 heterocycles. The van der Waals surface area contributed by atoms with Crippen molar-refractivity contribution in [3.05, 3.63) is 0 Å². The van der Waals surface area contributed by atoms with Crippen molar-refractivity contribution in [1.82, 2.24) is 10.6 Å². The maximum Gasteiger partial charge on any atom is 0.407 e. The predicted octanol–water partition coefficient (Wildman–Crippen LogP) is 2.38. The molecule has 1 amide bonds. The number of aliphatic hydroxyl groups is 1. The molecule has 0 fully saturated rings. The molecule has 0 aliphatic heterocycles. The van der Waals surface area contributed by atoms with Gasteiger partial charge in [0.05, 0.1) is 12.1 Å². The number of carboxylic acid groups (broad SMARTS) is 1. The van der Waals surface area contributed by atoms with Crippen LogP contribution in [-0.4, -0.2) is 52.6 Å². The van der Waals surface area contributed by atoms with Crippen molar-refractivity contribution < 1.29 is 24.5 Å². The number of amides is 1. The van der Waals surface area contributed by atoms with Gasteiger partial charge in [0.1, 0.15) is 11.6 Å². The van der Waals surface area contributed by atoms with E-state index in [9.17, 15) is 19.8 Å². The van der Waals surface area contributed by atoms with E-state index in [1.165, 1.54) is 0 Å². The van der Waals surface area contributed by atoms with Crippen molar-refractivity contribution in [3.8, 4) is 0 Å². The molecule has 25 heavy (non-hydrogen) atoms. The number of ether oxygens (including phenoxy) is 1. The number of carboxylic acids is 1. The van der Waals surface area contributed by atoms with E-state index < -0.39 is 35.9 Å². The summed E-state index contributed by atoms with van der Waals surface area (Å²) in [4.78, 5) is 23.3. The Balaban J connectivity index is 4.79. The molecule has 0 aromatic carbocycles. The fourth-order valence-electron chi connectivity index (χ4n) is 2.43. The largest absolute Gasteiger partial charge is 0.480 e. The lowest BCUT2D eigenvalue weighted by molar-refractivity contribution is -0.140. The first kappa shape index (κ1) is 23.7. The molecule has 0 aliphatic rings. The molecule has 0 aromatic rings. The first-order chi connectivity index (χ1) is 11.3. The average molecular weight is 360 g/mol. The van der Waals surface area contributed by atoms with Gasteiger partial charge >= 0.3 is 12.1 Å². The number of hydrogen-bond acceptors (Lipinski definition) is 5. The van der Waals surface area contributed by atoms with Gasteiger partial charge in [-0.15, -0.1) is 0 Å². The number of aliphatic hydroxyl groups excluding tert-OH is 1. The average Bonchev–Trinajstić information content (AvgIpc) is 2.38. The summed E-state index contributed by atoms with van der Waals surface area (Å²) in [6.07, 6.45) is -0.474. The van der Waals surface area contributed by atoms with Crippen molar-refractivity contribution in [2.45, 2.75) is 85.1 Å². The summed E-state index contributed by atoms with van der Waals surface area (Å²) in [5.41, 5.74) is -0.624. The van der Waals surface area contributed by atoms with Gasteiger partial charge in [0.25, 0.3) is 0 Å². The normalized spacial score (nSPS) is 15.8. The van der Waals surface area contributed by atoms with Crippen LogP contribution in [0, 0.1) is 11.8 Å². The zero-order valence-corrected chi connectivity index (χ0v) is 16.6. The van der Waals surface area contributed by atoms with E-state index in [1.807, 2.05) is 27.7 Å². The Bertz CT molecular complexity index is 418. The summed E-state index contributed by atoms with van der Waals surface area (Å²) >= 11 is 0. The summed E-state index contributed by atoms with van der Waals surface area (Å²) in [7, 11) is 0. The summed E-state index contributed by atoms with van der Waals surface area (Å²) in [6, 6.07) is -1.24. The van der Waals surface area contributed by atoms with Crippen LogP contribution in [0.2, 0.25) is 0 Å². The molecule has 0 bridgehead atoms. The molecular weight excluding hydrogens is 324 g/mol. The maximum atomic E-state index is 12.0. The van der Waals surface area contributed by atoms with Gasteiger partial charge in [-0.3, -0.25) is 4.79 Å². The number of hydrogen-bond donors (Lipinski definition) is 4. The van der Waals surface area contributed by atoms with E-state index in [0.717, 1.165) is 0 Å². The van der Waals surface area contributed by atoms with Gasteiger partial charge in [0, 0.05) is 6.54 Å². The highest BCUT2D eigenvalue weighted by Crippen LogP contribution is 2.12. The van der Waals surface area contributed by atoms with Gasteiger partial charge in [-0.1, -0.05) is 27.7 Å². The Morgan fingerprint density at radius 1 is 1.04 bits per heavy atom. The van der Waals surface area contributed by atoms with Crippen LogP contribution in [0.15, 0.2) is 0 Å². The zero-order valence-electron chi connectivity index (χ0n) is 16.6. The smallest absolute Gasteiger partial charge is 0.407 e. The van der Waals surface area contributed by atoms with Gasteiger partial charge in [0.2, 0.25) is 0 Å². The van der Waals surface area contributed by atoms with Crippen LogP contribution in [0.3, 0.4) is 0 Å². The van der Waals surface area contributed by atoms with E-state index in [-0.39, 0.29) is 18.4 Å². The van der Waals surface area contributed by atoms with Crippen LogP contribution in [-0.2, 0) is 9.53 Å². The molecule has 1 unspecified atom stereocenters. The van der Waals surface area contributed by atoms with Gasteiger partial charge in [-0.05, 0) is 45.4 Å². The highest BCUT2D eigenvalue weighted by Gasteiger charge is 2.27. The molecule has 0 spiro atoms. The van der Waals surface area contributed by atoms with Crippen molar-refractivity contribution in [1.29, 1.82) is 0 Å². The van der Waals surface area contributed by atoms with E-state index in [1.54, 1.807) is 20.8 Å². The zero-order chi connectivity index (χ0) is 19.8. The molecular formula is C18H36N2O5. The summed E-state index contributed by atoms with van der Waals surface area (Å²) in [5, 5.41) is 25.3. The number of carbonyl (C=O) groups excluding carboxylic acids is 1. The predicted molar refractivity (Wildman–Crippen MR) is 97.5 cm³/mol. The van der Waals surface area contributed by atoms with E-state index in [0.29, 0.717) is 12.8 Å². The SMILES string of the molecule is CC(C)C[C@H](NCC(O)[C@H](CC(C)C)NC(=O)OC(C)(C)C)C(=O)O. The Labute approximate surface area is 151 Å². The minimum Gasteiger partial charge on any atom is -0.480 e. The molecule has 7 heteroatoms. The minimum absolute atomic E-state index is 0.0802. The first-order valence-corrected chi connectivity index (χ1v) is 8.95. The van der Waals surface area contributed by atoms with Gasteiger partial charge in [0.15, 0.2) is 0 Å². The molecule has 148 valence electrons. The first-order valence-electron chi connectivity index (χ1n) is 8.95. The molecule has 0 saturated carbocycles. The van der Waals surface area contributed by atoms with E-state index >= 15 is 0 Å². The number of rotatable bonds is 10. The summed E-state index contributed by atoms with van der Waals surface area (Å²) in [6.45, 7) is 13.3. The lowest BCUT2D eigenvalue weighted by Crippen LogP contribution is -2.51. The van der Waals surface area contributed by atoms with Crippen LogP contribution >= 0.6 is 0 Å². The Kier molecular flexibility index (Phi) is 10.0. The Morgan fingerprint density at radius 2 is 1.56 bits per heavy atom. The Hall–Kier alpha value is -1.34. The van der Waals surface area contributed by atoms with Crippen LogP contribution in [0.4, 0.5) is 4.79 Å². The monoisotopic (exact) mass is 360 g/mol. The standard InChI is InChI=1S/C18H36N2O5/c1-11(2)8-13(20-17(24)25-18(5,6)7)15(21)10-19-14(16(22)23)9-12(3)4/h11-15,19,21H,8-10H2,1-7H3,(H,20,24)(H,22,23)/t13-,14-,15?/m0/s1. The van der Waals surface area contributed by atoms with Crippen LogP contribution in [0.1, 0.15) is 61.3 Å². The van der Waals surface area contributed by atoms with Gasteiger partial charge in [-0.2, -0.15) is 0 Å². The second-order valence-corrected chi connectivity index (χ2v) is 8.38. The molecule has 0 rings (SSSR count). The third-order valence-corrected chi connectivity index (χ3v) is 3.47. The summed E-state index contributed by atoms with van der Waals surface area (Å²) < 4.78 is 5.24. The van der Waals surface area contributed by atoms with Crippen molar-refractivity contribution >= 4 is 12.1 Å². The third kappa shape index (κ3) is 11.8. The third-order valence-electron chi connectivity index (χ3n) is 3.47. The molecule has 0 radical (unpaired) electrons. The highest BCUT2D eigenvalue weighted by molar-refractivity contribution is 5.73. The van der Waals surface area contributed by atoms with Crippen molar-refractivity contribution in [3.63, 3.8) is 0 Å². The van der Waals surface area contributed by atoms with E-state index in [4.69, 9.17) is 4.74 Å². The second kappa shape index (κ2) is 10.6. The quantitative estimate of drug-likeness (QED) is 0.476. The molecule has 0 aliphatic carbocycles. The van der Waals surface area contributed by atoms with Crippen LogP contribution < -0.4 is 10.6 Å². The fourth-order valence-corrected chi connectivity index (χ4v) is 2.43. The number of alkyl carbamates (subject to hydrolysis) is 1. The molecule has 0 saturated heterocycles. The van der Waals surface area contributed by atoms with Crippen molar-refractivity contribution in [2.24, 2.45) is 11.8 Å².